The lowest BCUT2D eigenvalue weighted by Crippen LogP contribution is -2.47. The predicted octanol–water partition coefficient (Wildman–Crippen LogP) is 3.36. The summed E-state index contributed by atoms with van der Waals surface area (Å²) in [4.78, 5) is 18.5. The molecule has 2 N–H and O–H groups in total. The fourth-order valence-electron chi connectivity index (χ4n) is 2.76. The number of β-amino-alcohol motifs (C(OH)–C–C–N with tert-alkyl or cyclic N) is 1. The van der Waals surface area contributed by atoms with E-state index >= 15 is 0 Å². The smallest absolute Gasteiger partial charge is 0.321 e. The van der Waals surface area contributed by atoms with Gasteiger partial charge in [0, 0.05) is 24.2 Å². The summed E-state index contributed by atoms with van der Waals surface area (Å²) in [5, 5.41) is 12.8. The number of rotatable bonds is 1. The molecular formula is C18H25N3O3. The van der Waals surface area contributed by atoms with E-state index < -0.39 is 6.10 Å². The average Bonchev–Trinajstić information content (AvgIpc) is 2.93. The normalized spacial score (nSPS) is 22.0. The number of amides is 2. The van der Waals surface area contributed by atoms with Crippen LogP contribution in [0.1, 0.15) is 40.0 Å². The maximum Gasteiger partial charge on any atom is 0.321 e. The van der Waals surface area contributed by atoms with Crippen LogP contribution in [0.3, 0.4) is 0 Å². The van der Waals surface area contributed by atoms with Crippen LogP contribution in [0, 0.1) is 5.92 Å². The lowest BCUT2D eigenvalue weighted by atomic mass is 9.96. The number of hydrogen-bond donors (Lipinski definition) is 2. The van der Waals surface area contributed by atoms with Crippen molar-refractivity contribution in [1.29, 1.82) is 0 Å². The minimum Gasteiger partial charge on any atom is -0.440 e. The molecule has 0 bridgehead atoms. The molecule has 0 radical (unpaired) electrons. The highest BCUT2D eigenvalue weighted by Crippen LogP contribution is 2.27. The molecule has 6 heteroatoms. The summed E-state index contributed by atoms with van der Waals surface area (Å²) >= 11 is 0. The summed E-state index contributed by atoms with van der Waals surface area (Å²) in [5.41, 5.74) is 1.95. The Morgan fingerprint density at radius 1 is 1.42 bits per heavy atom. The highest BCUT2D eigenvalue weighted by molar-refractivity contribution is 5.91. The molecule has 1 aromatic heterocycles. The number of nitrogens with zero attached hydrogens (tertiary/aromatic N) is 2. The standard InChI is InChI=1S/C18H25N3O3/c1-11-7-8-21(10-14(11)22)17(23)19-12-5-6-15-13(9-12)20-16(24-15)18(2,3)4/h5-6,9,11,14,22H,7-8,10H2,1-4H3,(H,19,23). The van der Waals surface area contributed by atoms with Gasteiger partial charge in [0.15, 0.2) is 5.58 Å². The lowest BCUT2D eigenvalue weighted by Gasteiger charge is -2.34. The molecule has 1 aromatic carbocycles. The number of nitrogens with one attached hydrogen (secondary N) is 1. The van der Waals surface area contributed by atoms with Crippen LogP contribution in [0.15, 0.2) is 22.6 Å². The van der Waals surface area contributed by atoms with Crippen molar-refractivity contribution in [1.82, 2.24) is 9.88 Å². The molecule has 0 saturated carbocycles. The highest BCUT2D eigenvalue weighted by Gasteiger charge is 2.27. The number of aromatic nitrogens is 1. The Hall–Kier alpha value is -2.08. The van der Waals surface area contributed by atoms with Gasteiger partial charge >= 0.3 is 6.03 Å². The minimum atomic E-state index is -0.461. The summed E-state index contributed by atoms with van der Waals surface area (Å²) in [6, 6.07) is 5.25. The van der Waals surface area contributed by atoms with Gasteiger partial charge in [-0.25, -0.2) is 9.78 Å². The first-order valence-electron chi connectivity index (χ1n) is 8.39. The molecule has 2 unspecified atom stereocenters. The van der Waals surface area contributed by atoms with Crippen molar-refractivity contribution >= 4 is 22.8 Å². The van der Waals surface area contributed by atoms with E-state index in [0.717, 1.165) is 11.9 Å². The topological polar surface area (TPSA) is 78.6 Å². The van der Waals surface area contributed by atoms with Crippen LogP contribution in [-0.2, 0) is 5.41 Å². The summed E-state index contributed by atoms with van der Waals surface area (Å²) < 4.78 is 5.77. The Kier molecular flexibility index (Phi) is 4.25. The predicted molar refractivity (Wildman–Crippen MR) is 93.1 cm³/mol. The van der Waals surface area contributed by atoms with Crippen LogP contribution in [0.5, 0.6) is 0 Å². The van der Waals surface area contributed by atoms with E-state index in [9.17, 15) is 9.90 Å². The van der Waals surface area contributed by atoms with Gasteiger partial charge in [-0.15, -0.1) is 0 Å². The van der Waals surface area contributed by atoms with E-state index in [1.807, 2.05) is 39.8 Å². The van der Waals surface area contributed by atoms with Crippen LogP contribution < -0.4 is 5.32 Å². The van der Waals surface area contributed by atoms with Crippen LogP contribution in [0.4, 0.5) is 10.5 Å². The van der Waals surface area contributed by atoms with E-state index in [1.165, 1.54) is 0 Å². The summed E-state index contributed by atoms with van der Waals surface area (Å²) in [6.07, 6.45) is 0.350. The number of piperidine rings is 1. The number of hydrogen-bond acceptors (Lipinski definition) is 4. The molecule has 2 heterocycles. The van der Waals surface area contributed by atoms with Crippen molar-refractivity contribution in [2.24, 2.45) is 5.92 Å². The fourth-order valence-corrected chi connectivity index (χ4v) is 2.76. The van der Waals surface area contributed by atoms with E-state index in [0.29, 0.717) is 30.3 Å². The molecule has 6 nitrogen and oxygen atoms in total. The van der Waals surface area contributed by atoms with Crippen molar-refractivity contribution in [3.05, 3.63) is 24.1 Å². The fraction of sp³-hybridized carbons (Fsp3) is 0.556. The van der Waals surface area contributed by atoms with Gasteiger partial charge in [-0.2, -0.15) is 0 Å². The molecule has 1 fully saturated rings. The number of likely N-dealkylation sites (tertiary alicyclic amines) is 1. The molecule has 0 spiro atoms. The number of aliphatic hydroxyl groups excluding tert-OH is 1. The van der Waals surface area contributed by atoms with Gasteiger partial charge in [0.2, 0.25) is 5.89 Å². The molecule has 2 atom stereocenters. The van der Waals surface area contributed by atoms with Crippen LogP contribution >= 0.6 is 0 Å². The Morgan fingerprint density at radius 3 is 2.83 bits per heavy atom. The van der Waals surface area contributed by atoms with Gasteiger partial charge in [-0.1, -0.05) is 27.7 Å². The summed E-state index contributed by atoms with van der Waals surface area (Å²) in [5.74, 6) is 0.908. The van der Waals surface area contributed by atoms with Crippen LogP contribution in [0.25, 0.3) is 11.1 Å². The van der Waals surface area contributed by atoms with Crippen LogP contribution in [0.2, 0.25) is 0 Å². The second-order valence-electron chi connectivity index (χ2n) is 7.66. The maximum atomic E-state index is 12.4. The third kappa shape index (κ3) is 3.38. The molecule has 1 aliphatic rings. The monoisotopic (exact) mass is 331 g/mol. The second-order valence-corrected chi connectivity index (χ2v) is 7.66. The zero-order valence-corrected chi connectivity index (χ0v) is 14.7. The van der Waals surface area contributed by atoms with Crippen molar-refractivity contribution in [2.45, 2.75) is 45.6 Å². The quantitative estimate of drug-likeness (QED) is 0.840. The Labute approximate surface area is 141 Å². The first-order valence-corrected chi connectivity index (χ1v) is 8.39. The Morgan fingerprint density at radius 2 is 2.17 bits per heavy atom. The van der Waals surface area contributed by atoms with E-state index in [4.69, 9.17) is 4.42 Å². The third-order valence-corrected chi connectivity index (χ3v) is 4.49. The zero-order chi connectivity index (χ0) is 17.5. The molecule has 24 heavy (non-hydrogen) atoms. The third-order valence-electron chi connectivity index (χ3n) is 4.49. The summed E-state index contributed by atoms with van der Waals surface area (Å²) in [6.45, 7) is 9.16. The lowest BCUT2D eigenvalue weighted by molar-refractivity contribution is 0.0464. The number of anilines is 1. The van der Waals surface area contributed by atoms with Gasteiger partial charge in [-0.05, 0) is 30.5 Å². The van der Waals surface area contributed by atoms with Gasteiger partial charge in [0.1, 0.15) is 5.52 Å². The van der Waals surface area contributed by atoms with Gasteiger partial charge in [-0.3, -0.25) is 0 Å². The minimum absolute atomic E-state index is 0.164. The van der Waals surface area contributed by atoms with Gasteiger partial charge in [0.05, 0.1) is 6.10 Å². The molecule has 1 saturated heterocycles. The van der Waals surface area contributed by atoms with Gasteiger partial charge < -0.3 is 19.7 Å². The van der Waals surface area contributed by atoms with E-state index in [1.54, 1.807) is 11.0 Å². The van der Waals surface area contributed by atoms with Crippen molar-refractivity contribution < 1.29 is 14.3 Å². The molecule has 1 aliphatic heterocycles. The van der Waals surface area contributed by atoms with Crippen LogP contribution in [-0.4, -0.2) is 40.2 Å². The van der Waals surface area contributed by atoms with E-state index in [2.05, 4.69) is 10.3 Å². The Bertz CT molecular complexity index is 748. The SMILES string of the molecule is CC1CCN(C(=O)Nc2ccc3oc(C(C)(C)C)nc3c2)CC1O. The maximum absolute atomic E-state index is 12.4. The van der Waals surface area contributed by atoms with Gasteiger partial charge in [0.25, 0.3) is 0 Å². The largest absolute Gasteiger partial charge is 0.440 e. The number of carbonyl (C=O) groups is 1. The second kappa shape index (κ2) is 6.09. The number of urea groups is 1. The number of carbonyl (C=O) groups excluding carboxylic acids is 1. The summed E-state index contributed by atoms with van der Waals surface area (Å²) in [7, 11) is 0. The number of aliphatic hydroxyl groups is 1. The zero-order valence-electron chi connectivity index (χ0n) is 14.7. The molecule has 130 valence electrons. The Balaban J connectivity index is 1.74. The van der Waals surface area contributed by atoms with E-state index in [-0.39, 0.29) is 17.4 Å². The molecule has 0 aliphatic carbocycles. The first kappa shape index (κ1) is 16.8. The molecule has 2 amide bonds. The molecule has 2 aromatic rings. The van der Waals surface area contributed by atoms with Crippen molar-refractivity contribution in [2.75, 3.05) is 18.4 Å². The average molecular weight is 331 g/mol. The number of benzene rings is 1. The number of oxazole rings is 1. The highest BCUT2D eigenvalue weighted by atomic mass is 16.3. The van der Waals surface area contributed by atoms with Crippen molar-refractivity contribution in [3.8, 4) is 0 Å². The number of fused-ring (bicyclic) bond motifs is 1. The molecule has 3 rings (SSSR count). The van der Waals surface area contributed by atoms with Crippen molar-refractivity contribution in [3.63, 3.8) is 0 Å². The molecular weight excluding hydrogens is 306 g/mol. The first-order chi connectivity index (χ1) is 11.2.